The molecular weight excluding hydrogens is 268 g/mol. The van der Waals surface area contributed by atoms with Gasteiger partial charge in [-0.2, -0.15) is 0 Å². The van der Waals surface area contributed by atoms with Crippen LogP contribution in [-0.4, -0.2) is 31.4 Å². The molecule has 0 aromatic heterocycles. The van der Waals surface area contributed by atoms with Crippen LogP contribution in [0.4, 0.5) is 0 Å². The Balaban J connectivity index is 1.98. The van der Waals surface area contributed by atoms with Crippen LogP contribution in [0.25, 0.3) is 0 Å². The van der Waals surface area contributed by atoms with E-state index in [1.807, 2.05) is 6.92 Å². The smallest absolute Gasteiger partial charge is 0.163 e. The molecule has 1 aliphatic carbocycles. The maximum Gasteiger partial charge on any atom is 0.163 e. The van der Waals surface area contributed by atoms with Crippen LogP contribution in [-0.2, 0) is 9.53 Å². The summed E-state index contributed by atoms with van der Waals surface area (Å²) in [7, 11) is 1.66. The fraction of sp³-hybridized carbons (Fsp3) is 0.529. The maximum absolute atomic E-state index is 12.3. The van der Waals surface area contributed by atoms with E-state index in [-0.39, 0.29) is 30.0 Å². The van der Waals surface area contributed by atoms with Gasteiger partial charge in [0, 0.05) is 31.4 Å². The highest BCUT2D eigenvalue weighted by atomic mass is 16.5. The minimum atomic E-state index is -0.206. The zero-order valence-electron chi connectivity index (χ0n) is 12.6. The summed E-state index contributed by atoms with van der Waals surface area (Å²) in [6, 6.07) is 7.09. The fourth-order valence-electron chi connectivity index (χ4n) is 2.73. The Kier molecular flexibility index (Phi) is 5.51. The van der Waals surface area contributed by atoms with Crippen LogP contribution < -0.4 is 4.74 Å². The van der Waals surface area contributed by atoms with E-state index in [2.05, 4.69) is 0 Å². The summed E-state index contributed by atoms with van der Waals surface area (Å²) in [6.07, 6.45) is 2.30. The van der Waals surface area contributed by atoms with Gasteiger partial charge < -0.3 is 9.47 Å². The van der Waals surface area contributed by atoms with E-state index < -0.39 is 0 Å². The van der Waals surface area contributed by atoms with E-state index in [1.165, 1.54) is 0 Å². The van der Waals surface area contributed by atoms with Gasteiger partial charge in [0.1, 0.15) is 11.5 Å². The van der Waals surface area contributed by atoms with Crippen LogP contribution in [0.3, 0.4) is 0 Å². The SMILES string of the molecule is CCOc1ccc(C(=O)CC2CC(OC)CCC2=O)cc1. The summed E-state index contributed by atoms with van der Waals surface area (Å²) in [6.45, 7) is 2.52. The molecule has 1 aromatic carbocycles. The predicted octanol–water partition coefficient (Wildman–Crippen LogP) is 3.04. The quantitative estimate of drug-likeness (QED) is 0.756. The molecule has 4 heteroatoms. The average molecular weight is 290 g/mol. The highest BCUT2D eigenvalue weighted by Gasteiger charge is 2.30. The Morgan fingerprint density at radius 3 is 2.62 bits per heavy atom. The summed E-state index contributed by atoms with van der Waals surface area (Å²) < 4.78 is 10.7. The van der Waals surface area contributed by atoms with Crippen LogP contribution in [0, 0.1) is 5.92 Å². The number of carbonyl (C=O) groups excluding carboxylic acids is 2. The lowest BCUT2D eigenvalue weighted by atomic mass is 9.82. The minimum absolute atomic E-state index is 0.00755. The summed E-state index contributed by atoms with van der Waals surface area (Å²) in [5.74, 6) is 0.737. The lowest BCUT2D eigenvalue weighted by molar-refractivity contribution is -0.127. The Hall–Kier alpha value is -1.68. The van der Waals surface area contributed by atoms with Crippen LogP contribution in [0.1, 0.15) is 43.0 Å². The molecule has 0 amide bonds. The van der Waals surface area contributed by atoms with Crippen molar-refractivity contribution in [3.8, 4) is 5.75 Å². The van der Waals surface area contributed by atoms with Crippen molar-refractivity contribution in [2.45, 2.75) is 38.7 Å². The second-order valence-electron chi connectivity index (χ2n) is 5.38. The fourth-order valence-corrected chi connectivity index (χ4v) is 2.73. The van der Waals surface area contributed by atoms with E-state index in [0.717, 1.165) is 12.2 Å². The molecular formula is C17H22O4. The first-order valence-electron chi connectivity index (χ1n) is 7.45. The minimum Gasteiger partial charge on any atom is -0.494 e. The number of ketones is 2. The summed E-state index contributed by atoms with van der Waals surface area (Å²) in [5.41, 5.74) is 0.630. The van der Waals surface area contributed by atoms with Gasteiger partial charge in [0.05, 0.1) is 12.7 Å². The van der Waals surface area contributed by atoms with Crippen molar-refractivity contribution >= 4 is 11.6 Å². The number of carbonyl (C=O) groups is 2. The molecule has 0 heterocycles. The average Bonchev–Trinajstić information content (AvgIpc) is 2.50. The number of hydrogen-bond donors (Lipinski definition) is 0. The predicted molar refractivity (Wildman–Crippen MR) is 79.7 cm³/mol. The highest BCUT2D eigenvalue weighted by Crippen LogP contribution is 2.27. The number of hydrogen-bond acceptors (Lipinski definition) is 4. The monoisotopic (exact) mass is 290 g/mol. The lowest BCUT2D eigenvalue weighted by Gasteiger charge is -2.26. The third-order valence-electron chi connectivity index (χ3n) is 3.97. The van der Waals surface area contributed by atoms with Crippen molar-refractivity contribution in [2.75, 3.05) is 13.7 Å². The van der Waals surface area contributed by atoms with Gasteiger partial charge in [-0.15, -0.1) is 0 Å². The van der Waals surface area contributed by atoms with E-state index in [9.17, 15) is 9.59 Å². The molecule has 0 N–H and O–H groups in total. The molecule has 0 aliphatic heterocycles. The number of ether oxygens (including phenoxy) is 2. The molecule has 2 atom stereocenters. The third kappa shape index (κ3) is 4.14. The molecule has 1 aliphatic rings. The third-order valence-corrected chi connectivity index (χ3v) is 3.97. The standard InChI is InChI=1S/C17H22O4/c1-3-21-14-6-4-12(5-7-14)17(19)11-13-10-15(20-2)8-9-16(13)18/h4-7,13,15H,3,8-11H2,1-2H3. The number of methoxy groups -OCH3 is 1. The van der Waals surface area contributed by atoms with Gasteiger partial charge in [-0.3, -0.25) is 9.59 Å². The second kappa shape index (κ2) is 7.36. The number of benzene rings is 1. The Morgan fingerprint density at radius 2 is 2.00 bits per heavy atom. The van der Waals surface area contributed by atoms with Gasteiger partial charge >= 0.3 is 0 Å². The van der Waals surface area contributed by atoms with Crippen LogP contribution in [0.2, 0.25) is 0 Å². The maximum atomic E-state index is 12.3. The van der Waals surface area contributed by atoms with Crippen molar-refractivity contribution < 1.29 is 19.1 Å². The first kappa shape index (κ1) is 15.7. The molecule has 0 bridgehead atoms. The molecule has 1 aromatic rings. The Labute approximate surface area is 125 Å². The Morgan fingerprint density at radius 1 is 1.29 bits per heavy atom. The molecule has 1 fully saturated rings. The first-order chi connectivity index (χ1) is 10.1. The van der Waals surface area contributed by atoms with Gasteiger partial charge in [0.25, 0.3) is 0 Å². The van der Waals surface area contributed by atoms with Gasteiger partial charge in [0.2, 0.25) is 0 Å². The molecule has 2 rings (SSSR count). The van der Waals surface area contributed by atoms with E-state index in [4.69, 9.17) is 9.47 Å². The van der Waals surface area contributed by atoms with Gasteiger partial charge in [-0.1, -0.05) is 0 Å². The first-order valence-corrected chi connectivity index (χ1v) is 7.45. The molecule has 21 heavy (non-hydrogen) atoms. The molecule has 0 radical (unpaired) electrons. The van der Waals surface area contributed by atoms with Gasteiger partial charge in [0.15, 0.2) is 5.78 Å². The van der Waals surface area contributed by atoms with Crippen molar-refractivity contribution in [3.05, 3.63) is 29.8 Å². The Bertz CT molecular complexity index is 492. The zero-order chi connectivity index (χ0) is 15.2. The second-order valence-corrected chi connectivity index (χ2v) is 5.38. The van der Waals surface area contributed by atoms with Crippen molar-refractivity contribution in [1.82, 2.24) is 0 Å². The van der Waals surface area contributed by atoms with Gasteiger partial charge in [-0.05, 0) is 44.0 Å². The molecule has 0 saturated heterocycles. The molecule has 1 saturated carbocycles. The summed E-state index contributed by atoms with van der Waals surface area (Å²) in [4.78, 5) is 24.2. The van der Waals surface area contributed by atoms with Crippen molar-refractivity contribution in [1.29, 1.82) is 0 Å². The summed E-state index contributed by atoms with van der Waals surface area (Å²) in [5, 5.41) is 0. The van der Waals surface area contributed by atoms with Crippen LogP contribution >= 0.6 is 0 Å². The molecule has 0 spiro atoms. The van der Waals surface area contributed by atoms with E-state index in [0.29, 0.717) is 25.0 Å². The van der Waals surface area contributed by atoms with Crippen molar-refractivity contribution in [2.24, 2.45) is 5.92 Å². The summed E-state index contributed by atoms with van der Waals surface area (Å²) >= 11 is 0. The number of rotatable bonds is 6. The zero-order valence-corrected chi connectivity index (χ0v) is 12.6. The highest BCUT2D eigenvalue weighted by molar-refractivity contribution is 5.99. The van der Waals surface area contributed by atoms with Crippen LogP contribution in [0.5, 0.6) is 5.75 Å². The van der Waals surface area contributed by atoms with Crippen LogP contribution in [0.15, 0.2) is 24.3 Å². The topological polar surface area (TPSA) is 52.6 Å². The molecule has 2 unspecified atom stereocenters. The van der Waals surface area contributed by atoms with E-state index in [1.54, 1.807) is 31.4 Å². The largest absolute Gasteiger partial charge is 0.494 e. The number of Topliss-reactive ketones (excluding diaryl/α,β-unsaturated/α-hetero) is 2. The van der Waals surface area contributed by atoms with Crippen molar-refractivity contribution in [3.63, 3.8) is 0 Å². The van der Waals surface area contributed by atoms with Gasteiger partial charge in [-0.25, -0.2) is 0 Å². The molecule has 4 nitrogen and oxygen atoms in total. The van der Waals surface area contributed by atoms with E-state index >= 15 is 0 Å². The lowest BCUT2D eigenvalue weighted by Crippen LogP contribution is -2.30. The molecule has 114 valence electrons. The normalized spacial score (nSPS) is 22.1.